The molecule has 0 amide bonds. The molecule has 110 valence electrons. The SMILES string of the molecule is N[C@@H](CCC(=S)Cc1cccc(S(=O)(=O)O)c1)C(=O)O. The molecule has 0 aliphatic heterocycles. The minimum atomic E-state index is -4.24. The number of carbonyl (C=O) groups is 1. The molecule has 1 rings (SSSR count). The van der Waals surface area contributed by atoms with Crippen LogP contribution in [0.2, 0.25) is 0 Å². The van der Waals surface area contributed by atoms with Crippen molar-refractivity contribution in [1.29, 1.82) is 0 Å². The normalized spacial score (nSPS) is 12.9. The molecule has 1 atom stereocenters. The van der Waals surface area contributed by atoms with E-state index >= 15 is 0 Å². The smallest absolute Gasteiger partial charge is 0.320 e. The first-order chi connectivity index (χ1) is 9.20. The van der Waals surface area contributed by atoms with Gasteiger partial charge in [-0.05, 0) is 35.4 Å². The molecule has 0 spiro atoms. The topological polar surface area (TPSA) is 118 Å². The van der Waals surface area contributed by atoms with Gasteiger partial charge in [-0.15, -0.1) is 0 Å². The summed E-state index contributed by atoms with van der Waals surface area (Å²) in [6, 6.07) is 4.83. The van der Waals surface area contributed by atoms with Crippen LogP contribution in [0.3, 0.4) is 0 Å². The molecule has 1 aromatic carbocycles. The minimum Gasteiger partial charge on any atom is -0.480 e. The van der Waals surface area contributed by atoms with Crippen LogP contribution in [-0.4, -0.2) is 35.0 Å². The van der Waals surface area contributed by atoms with Crippen LogP contribution >= 0.6 is 12.2 Å². The van der Waals surface area contributed by atoms with Gasteiger partial charge in [-0.25, -0.2) is 0 Å². The van der Waals surface area contributed by atoms with Crippen LogP contribution in [0.1, 0.15) is 18.4 Å². The molecule has 1 aromatic rings. The Balaban J connectivity index is 2.65. The van der Waals surface area contributed by atoms with Crippen LogP contribution < -0.4 is 5.73 Å². The molecular formula is C12H15NO5S2. The molecule has 8 heteroatoms. The summed E-state index contributed by atoms with van der Waals surface area (Å²) < 4.78 is 30.9. The third kappa shape index (κ3) is 5.33. The van der Waals surface area contributed by atoms with E-state index in [-0.39, 0.29) is 11.3 Å². The van der Waals surface area contributed by atoms with E-state index in [4.69, 9.17) is 27.6 Å². The van der Waals surface area contributed by atoms with Crippen molar-refractivity contribution < 1.29 is 22.9 Å². The summed E-state index contributed by atoms with van der Waals surface area (Å²) in [5, 5.41) is 8.65. The van der Waals surface area contributed by atoms with Gasteiger partial charge in [0.05, 0.1) is 4.90 Å². The predicted molar refractivity (Wildman–Crippen MR) is 77.4 cm³/mol. The maximum atomic E-state index is 11.0. The Hall–Kier alpha value is -1.35. The van der Waals surface area contributed by atoms with Crippen LogP contribution in [-0.2, 0) is 21.3 Å². The molecule has 0 aromatic heterocycles. The van der Waals surface area contributed by atoms with Crippen molar-refractivity contribution >= 4 is 33.2 Å². The van der Waals surface area contributed by atoms with Crippen molar-refractivity contribution in [3.05, 3.63) is 29.8 Å². The first-order valence-corrected chi connectivity index (χ1v) is 7.61. The lowest BCUT2D eigenvalue weighted by Gasteiger charge is -2.08. The lowest BCUT2D eigenvalue weighted by atomic mass is 10.0. The summed E-state index contributed by atoms with van der Waals surface area (Å²) in [7, 11) is -4.24. The van der Waals surface area contributed by atoms with E-state index in [9.17, 15) is 13.2 Å². The Kier molecular flexibility index (Phi) is 5.75. The van der Waals surface area contributed by atoms with E-state index < -0.39 is 22.1 Å². The fourth-order valence-corrected chi connectivity index (χ4v) is 2.41. The average molecular weight is 317 g/mol. The molecule has 0 heterocycles. The second kappa shape index (κ2) is 6.89. The van der Waals surface area contributed by atoms with Gasteiger partial charge >= 0.3 is 5.97 Å². The zero-order valence-corrected chi connectivity index (χ0v) is 12.2. The number of hydrogen-bond donors (Lipinski definition) is 3. The zero-order valence-electron chi connectivity index (χ0n) is 10.5. The molecule has 0 unspecified atom stereocenters. The predicted octanol–water partition coefficient (Wildman–Crippen LogP) is 1.04. The first kappa shape index (κ1) is 16.7. The molecule has 20 heavy (non-hydrogen) atoms. The van der Waals surface area contributed by atoms with Crippen LogP contribution in [0.25, 0.3) is 0 Å². The van der Waals surface area contributed by atoms with E-state index in [1.54, 1.807) is 6.07 Å². The fourth-order valence-electron chi connectivity index (χ4n) is 1.57. The van der Waals surface area contributed by atoms with Crippen molar-refractivity contribution in [2.75, 3.05) is 0 Å². The molecular weight excluding hydrogens is 302 g/mol. The number of aliphatic carboxylic acids is 1. The van der Waals surface area contributed by atoms with Gasteiger partial charge in [0, 0.05) is 6.42 Å². The molecule has 0 fully saturated rings. The highest BCUT2D eigenvalue weighted by Crippen LogP contribution is 2.13. The molecule has 6 nitrogen and oxygen atoms in total. The maximum Gasteiger partial charge on any atom is 0.320 e. The van der Waals surface area contributed by atoms with Crippen LogP contribution in [0.15, 0.2) is 29.2 Å². The van der Waals surface area contributed by atoms with E-state index in [1.165, 1.54) is 18.2 Å². The van der Waals surface area contributed by atoms with E-state index in [0.717, 1.165) is 0 Å². The second-order valence-corrected chi connectivity index (χ2v) is 6.32. The van der Waals surface area contributed by atoms with Crippen molar-refractivity contribution in [2.45, 2.75) is 30.2 Å². The highest BCUT2D eigenvalue weighted by atomic mass is 32.2. The summed E-state index contributed by atoms with van der Waals surface area (Å²) in [4.78, 5) is 10.9. The van der Waals surface area contributed by atoms with Gasteiger partial charge in [0.2, 0.25) is 0 Å². The quantitative estimate of drug-likeness (QED) is 0.508. The Labute approximate surface area is 122 Å². The standard InChI is InChI=1S/C12H15NO5S2/c13-11(12(14)15)5-4-9(19)6-8-2-1-3-10(7-8)20(16,17)18/h1-3,7,11H,4-6,13H2,(H,14,15)(H,16,17,18)/t11-/m0/s1. The highest BCUT2D eigenvalue weighted by molar-refractivity contribution is 7.85. The van der Waals surface area contributed by atoms with E-state index in [2.05, 4.69) is 0 Å². The third-order valence-electron chi connectivity index (χ3n) is 2.65. The Morgan fingerprint density at radius 2 is 2.05 bits per heavy atom. The second-order valence-electron chi connectivity index (χ2n) is 4.32. The summed E-state index contributed by atoms with van der Waals surface area (Å²) in [5.74, 6) is -1.08. The van der Waals surface area contributed by atoms with Crippen LogP contribution in [0.4, 0.5) is 0 Å². The highest BCUT2D eigenvalue weighted by Gasteiger charge is 2.13. The monoisotopic (exact) mass is 317 g/mol. The molecule has 0 saturated heterocycles. The van der Waals surface area contributed by atoms with Gasteiger partial charge in [-0.1, -0.05) is 24.4 Å². The maximum absolute atomic E-state index is 11.0. The number of thiocarbonyl (C=S) groups is 1. The summed E-state index contributed by atoms with van der Waals surface area (Å²) in [5.41, 5.74) is 6.00. The van der Waals surface area contributed by atoms with Gasteiger partial charge in [-0.2, -0.15) is 8.42 Å². The van der Waals surface area contributed by atoms with Crippen molar-refractivity contribution in [3.63, 3.8) is 0 Å². The molecule has 0 bridgehead atoms. The Morgan fingerprint density at radius 1 is 1.40 bits per heavy atom. The number of hydrogen-bond acceptors (Lipinski definition) is 5. The van der Waals surface area contributed by atoms with E-state index in [1.807, 2.05) is 0 Å². The first-order valence-electron chi connectivity index (χ1n) is 5.76. The summed E-state index contributed by atoms with van der Waals surface area (Å²) in [6.45, 7) is 0. The zero-order chi connectivity index (χ0) is 15.3. The Morgan fingerprint density at radius 3 is 2.60 bits per heavy atom. The average Bonchev–Trinajstić information content (AvgIpc) is 2.35. The van der Waals surface area contributed by atoms with Crippen LogP contribution in [0, 0.1) is 0 Å². The molecule has 0 radical (unpaired) electrons. The molecule has 0 aliphatic rings. The molecule has 0 saturated carbocycles. The third-order valence-corrected chi connectivity index (χ3v) is 3.85. The van der Waals surface area contributed by atoms with Crippen molar-refractivity contribution in [1.82, 2.24) is 0 Å². The van der Waals surface area contributed by atoms with Gasteiger partial charge in [0.15, 0.2) is 0 Å². The minimum absolute atomic E-state index is 0.194. The van der Waals surface area contributed by atoms with Gasteiger partial charge in [0.25, 0.3) is 10.1 Å². The summed E-state index contributed by atoms with van der Waals surface area (Å²) in [6.07, 6.45) is 0.913. The number of carboxylic acids is 1. The molecule has 0 aliphatic carbocycles. The van der Waals surface area contributed by atoms with Crippen LogP contribution in [0.5, 0.6) is 0 Å². The largest absolute Gasteiger partial charge is 0.480 e. The molecule has 4 N–H and O–H groups in total. The summed E-state index contributed by atoms with van der Waals surface area (Å²) >= 11 is 5.12. The lowest BCUT2D eigenvalue weighted by molar-refractivity contribution is -0.138. The number of nitrogens with two attached hydrogens (primary N) is 1. The number of carboxylic acid groups (broad SMARTS) is 1. The fraction of sp³-hybridized carbons (Fsp3) is 0.333. The van der Waals surface area contributed by atoms with Crippen molar-refractivity contribution in [3.8, 4) is 0 Å². The van der Waals surface area contributed by atoms with Gasteiger partial charge in [0.1, 0.15) is 6.04 Å². The van der Waals surface area contributed by atoms with E-state index in [0.29, 0.717) is 23.3 Å². The van der Waals surface area contributed by atoms with Crippen molar-refractivity contribution in [2.24, 2.45) is 5.73 Å². The lowest BCUT2D eigenvalue weighted by Crippen LogP contribution is -2.30. The Bertz CT molecular complexity index is 612. The van der Waals surface area contributed by atoms with Gasteiger partial charge in [-0.3, -0.25) is 9.35 Å². The number of benzene rings is 1. The number of rotatable bonds is 7. The van der Waals surface area contributed by atoms with Gasteiger partial charge < -0.3 is 10.8 Å².